The van der Waals surface area contributed by atoms with Gasteiger partial charge in [0.2, 0.25) is 10.0 Å². The van der Waals surface area contributed by atoms with Gasteiger partial charge in [0, 0.05) is 17.1 Å². The molecule has 142 valence electrons. The van der Waals surface area contributed by atoms with Gasteiger partial charge in [-0.05, 0) is 43.2 Å². The van der Waals surface area contributed by atoms with Gasteiger partial charge in [-0.3, -0.25) is 9.52 Å². The fraction of sp³-hybridized carbons (Fsp3) is 0.278. The molecule has 2 aromatic heterocycles. The molecule has 27 heavy (non-hydrogen) atoms. The van der Waals surface area contributed by atoms with Crippen molar-refractivity contribution in [2.24, 2.45) is 0 Å². The van der Waals surface area contributed by atoms with Gasteiger partial charge in [-0.1, -0.05) is 19.0 Å². The summed E-state index contributed by atoms with van der Waals surface area (Å²) in [5.41, 5.74) is 3.03. The van der Waals surface area contributed by atoms with Crippen LogP contribution in [-0.2, 0) is 10.0 Å². The molecular formula is C18H20N4O4S. The number of aromatic nitrogens is 2. The van der Waals surface area contributed by atoms with Crippen molar-refractivity contribution in [1.29, 1.82) is 0 Å². The van der Waals surface area contributed by atoms with E-state index in [1.54, 1.807) is 37.3 Å². The Bertz CT molecular complexity index is 1100. The maximum absolute atomic E-state index is 12.8. The average molecular weight is 388 g/mol. The van der Waals surface area contributed by atoms with Crippen LogP contribution >= 0.6 is 0 Å². The Morgan fingerprint density at radius 1 is 1.15 bits per heavy atom. The van der Waals surface area contributed by atoms with Gasteiger partial charge < -0.3 is 9.84 Å². The van der Waals surface area contributed by atoms with E-state index in [1.807, 2.05) is 13.8 Å². The van der Waals surface area contributed by atoms with Crippen LogP contribution in [0.1, 0.15) is 41.5 Å². The number of amides is 1. The SMILES string of the molecule is Cc1noc2nc(C(C)C)cc(C(=O)Nc3ccc(NS(C)(=O)=O)cc3)c12. The van der Waals surface area contributed by atoms with Gasteiger partial charge in [-0.2, -0.15) is 0 Å². The number of carbonyl (C=O) groups excluding carboxylic acids is 1. The van der Waals surface area contributed by atoms with Crippen molar-refractivity contribution in [3.8, 4) is 0 Å². The smallest absolute Gasteiger partial charge is 0.259 e. The highest BCUT2D eigenvalue weighted by molar-refractivity contribution is 7.92. The maximum atomic E-state index is 12.8. The highest BCUT2D eigenvalue weighted by Gasteiger charge is 2.20. The summed E-state index contributed by atoms with van der Waals surface area (Å²) in [7, 11) is -3.35. The Labute approximate surface area is 157 Å². The molecule has 0 spiro atoms. The number of rotatable bonds is 5. The van der Waals surface area contributed by atoms with Crippen molar-refractivity contribution in [1.82, 2.24) is 10.1 Å². The van der Waals surface area contributed by atoms with Crippen LogP contribution in [0.15, 0.2) is 34.9 Å². The largest absolute Gasteiger partial charge is 0.336 e. The highest BCUT2D eigenvalue weighted by Crippen LogP contribution is 2.26. The first-order valence-corrected chi connectivity index (χ1v) is 10.2. The van der Waals surface area contributed by atoms with Crippen molar-refractivity contribution in [2.75, 3.05) is 16.3 Å². The average Bonchev–Trinajstić information content (AvgIpc) is 2.95. The summed E-state index contributed by atoms with van der Waals surface area (Å²) >= 11 is 0. The van der Waals surface area contributed by atoms with Crippen molar-refractivity contribution >= 4 is 38.4 Å². The summed E-state index contributed by atoms with van der Waals surface area (Å²) in [6.07, 6.45) is 1.07. The number of nitrogens with one attached hydrogen (secondary N) is 2. The number of nitrogens with zero attached hydrogens (tertiary/aromatic N) is 2. The Kier molecular flexibility index (Phi) is 4.88. The van der Waals surface area contributed by atoms with Gasteiger partial charge in [0.1, 0.15) is 0 Å². The standard InChI is InChI=1S/C18H20N4O4S/c1-10(2)15-9-14(16-11(3)21-26-18(16)20-15)17(23)19-12-5-7-13(8-6-12)22-27(4,24)25/h5-10,22H,1-4H3,(H,19,23). The normalized spacial score (nSPS) is 11.7. The maximum Gasteiger partial charge on any atom is 0.259 e. The molecule has 1 amide bonds. The third-order valence-corrected chi connectivity index (χ3v) is 4.53. The molecule has 0 bridgehead atoms. The van der Waals surface area contributed by atoms with Crippen LogP contribution in [0.25, 0.3) is 11.1 Å². The summed E-state index contributed by atoms with van der Waals surface area (Å²) in [6, 6.07) is 8.12. The third kappa shape index (κ3) is 4.25. The van der Waals surface area contributed by atoms with Crippen LogP contribution in [0, 0.1) is 6.92 Å². The van der Waals surface area contributed by atoms with Gasteiger partial charge in [0.25, 0.3) is 11.6 Å². The number of anilines is 2. The zero-order valence-electron chi connectivity index (χ0n) is 15.4. The molecule has 0 radical (unpaired) electrons. The lowest BCUT2D eigenvalue weighted by atomic mass is 10.0. The van der Waals surface area contributed by atoms with E-state index in [0.29, 0.717) is 33.7 Å². The summed E-state index contributed by atoms with van der Waals surface area (Å²) in [6.45, 7) is 5.71. The molecule has 2 N–H and O–H groups in total. The first kappa shape index (κ1) is 18.8. The van der Waals surface area contributed by atoms with Crippen LogP contribution in [0.5, 0.6) is 0 Å². The number of aryl methyl sites for hydroxylation is 1. The van der Waals surface area contributed by atoms with E-state index >= 15 is 0 Å². The number of benzene rings is 1. The zero-order chi connectivity index (χ0) is 19.8. The molecule has 9 heteroatoms. The summed E-state index contributed by atoms with van der Waals surface area (Å²) in [5, 5.41) is 7.30. The lowest BCUT2D eigenvalue weighted by Gasteiger charge is -2.10. The van der Waals surface area contributed by atoms with E-state index in [2.05, 4.69) is 20.2 Å². The van der Waals surface area contributed by atoms with Gasteiger partial charge in [0.05, 0.1) is 22.9 Å². The Morgan fingerprint density at radius 2 is 1.78 bits per heavy atom. The van der Waals surface area contributed by atoms with Crippen molar-refractivity contribution in [3.05, 3.63) is 47.3 Å². The topological polar surface area (TPSA) is 114 Å². The molecule has 0 aliphatic heterocycles. The number of fused-ring (bicyclic) bond motifs is 1. The molecule has 1 aromatic carbocycles. The van der Waals surface area contributed by atoms with E-state index in [-0.39, 0.29) is 11.8 Å². The molecule has 3 rings (SSSR count). The van der Waals surface area contributed by atoms with Crippen molar-refractivity contribution in [2.45, 2.75) is 26.7 Å². The van der Waals surface area contributed by atoms with Gasteiger partial charge in [-0.25, -0.2) is 13.4 Å². The van der Waals surface area contributed by atoms with Gasteiger partial charge >= 0.3 is 0 Å². The first-order valence-electron chi connectivity index (χ1n) is 8.30. The molecule has 0 atom stereocenters. The monoisotopic (exact) mass is 388 g/mol. The fourth-order valence-corrected chi connectivity index (χ4v) is 3.19. The minimum atomic E-state index is -3.35. The molecule has 0 aliphatic carbocycles. The van der Waals surface area contributed by atoms with Crippen LogP contribution in [0.2, 0.25) is 0 Å². The van der Waals surface area contributed by atoms with Crippen LogP contribution in [-0.4, -0.2) is 30.7 Å². The van der Waals surface area contributed by atoms with Gasteiger partial charge in [0.15, 0.2) is 0 Å². The number of sulfonamides is 1. The number of pyridine rings is 1. The molecule has 0 saturated heterocycles. The second-order valence-corrected chi connectivity index (χ2v) is 8.35. The quantitative estimate of drug-likeness (QED) is 0.693. The summed E-state index contributed by atoms with van der Waals surface area (Å²) in [5.74, 6) is -0.202. The zero-order valence-corrected chi connectivity index (χ0v) is 16.2. The molecule has 3 aromatic rings. The third-order valence-electron chi connectivity index (χ3n) is 3.92. The van der Waals surface area contributed by atoms with Crippen molar-refractivity contribution in [3.63, 3.8) is 0 Å². The highest BCUT2D eigenvalue weighted by atomic mass is 32.2. The van der Waals surface area contributed by atoms with Crippen LogP contribution in [0.4, 0.5) is 11.4 Å². The van der Waals surface area contributed by atoms with E-state index in [9.17, 15) is 13.2 Å². The summed E-state index contributed by atoms with van der Waals surface area (Å²) < 4.78 is 30.1. The molecule has 0 fully saturated rings. The Morgan fingerprint density at radius 3 is 2.37 bits per heavy atom. The summed E-state index contributed by atoms with van der Waals surface area (Å²) in [4.78, 5) is 17.3. The van der Waals surface area contributed by atoms with E-state index in [0.717, 1.165) is 11.9 Å². The molecule has 0 aliphatic rings. The predicted octanol–water partition coefficient (Wildman–Crippen LogP) is 3.28. The minimum Gasteiger partial charge on any atom is -0.336 e. The number of carbonyl (C=O) groups is 1. The predicted molar refractivity (Wildman–Crippen MR) is 103 cm³/mol. The van der Waals surface area contributed by atoms with E-state index in [4.69, 9.17) is 4.52 Å². The first-order chi connectivity index (χ1) is 12.6. The fourth-order valence-electron chi connectivity index (χ4n) is 2.62. The second kappa shape index (κ2) is 6.99. The van der Waals surface area contributed by atoms with E-state index < -0.39 is 10.0 Å². The second-order valence-electron chi connectivity index (χ2n) is 6.60. The van der Waals surface area contributed by atoms with Crippen LogP contribution in [0.3, 0.4) is 0 Å². The number of hydrogen-bond donors (Lipinski definition) is 2. The lowest BCUT2D eigenvalue weighted by Crippen LogP contribution is -2.14. The molecule has 2 heterocycles. The molecule has 0 saturated carbocycles. The molecular weight excluding hydrogens is 368 g/mol. The minimum absolute atomic E-state index is 0.118. The van der Waals surface area contributed by atoms with Gasteiger partial charge in [-0.15, -0.1) is 0 Å². The molecule has 8 nitrogen and oxygen atoms in total. The Balaban J connectivity index is 1.91. The number of hydrogen-bond acceptors (Lipinski definition) is 6. The van der Waals surface area contributed by atoms with E-state index in [1.165, 1.54) is 0 Å². The van der Waals surface area contributed by atoms with Crippen molar-refractivity contribution < 1.29 is 17.7 Å². The molecule has 0 unspecified atom stereocenters. The lowest BCUT2D eigenvalue weighted by molar-refractivity contribution is 0.102. The Hall–Kier alpha value is -2.94. The van der Waals surface area contributed by atoms with Crippen LogP contribution < -0.4 is 10.0 Å².